The van der Waals surface area contributed by atoms with Gasteiger partial charge in [0.25, 0.3) is 0 Å². The van der Waals surface area contributed by atoms with Crippen LogP contribution >= 0.6 is 24.0 Å². The van der Waals surface area contributed by atoms with Crippen molar-refractivity contribution in [3.8, 4) is 11.3 Å². The SMILES string of the molecule is Cl.Clc1cccc2c(-c3ccc4ccccc4n3)c[nH]c12. The summed E-state index contributed by atoms with van der Waals surface area (Å²) in [4.78, 5) is 7.97. The van der Waals surface area contributed by atoms with Crippen LogP contribution in [0.2, 0.25) is 5.02 Å². The molecule has 0 saturated heterocycles. The van der Waals surface area contributed by atoms with E-state index in [1.54, 1.807) is 0 Å². The Balaban J connectivity index is 0.00000132. The van der Waals surface area contributed by atoms with Gasteiger partial charge in [0.2, 0.25) is 0 Å². The third-order valence-corrected chi connectivity index (χ3v) is 3.85. The third-order valence-electron chi connectivity index (χ3n) is 3.54. The smallest absolute Gasteiger partial charge is 0.0731 e. The molecule has 2 nitrogen and oxygen atoms in total. The molecule has 0 radical (unpaired) electrons. The van der Waals surface area contributed by atoms with Crippen LogP contribution in [0.5, 0.6) is 0 Å². The van der Waals surface area contributed by atoms with Gasteiger partial charge in [-0.15, -0.1) is 12.4 Å². The van der Waals surface area contributed by atoms with Crippen molar-refractivity contribution in [1.82, 2.24) is 9.97 Å². The van der Waals surface area contributed by atoms with Crippen molar-refractivity contribution >= 4 is 45.8 Å². The van der Waals surface area contributed by atoms with E-state index in [-0.39, 0.29) is 12.4 Å². The minimum atomic E-state index is 0. The predicted molar refractivity (Wildman–Crippen MR) is 91.3 cm³/mol. The fourth-order valence-electron chi connectivity index (χ4n) is 2.55. The number of pyridine rings is 1. The summed E-state index contributed by atoms with van der Waals surface area (Å²) in [5.74, 6) is 0. The standard InChI is InChI=1S/C17H11ClN2.ClH/c18-14-6-3-5-12-13(10-19-17(12)14)16-9-8-11-4-1-2-7-15(11)20-16;/h1-10,19H;1H. The molecule has 0 atom stereocenters. The zero-order valence-electron chi connectivity index (χ0n) is 11.0. The van der Waals surface area contributed by atoms with Crippen molar-refractivity contribution in [2.75, 3.05) is 0 Å². The number of benzene rings is 2. The summed E-state index contributed by atoms with van der Waals surface area (Å²) in [6.07, 6.45) is 1.97. The Morgan fingerprint density at radius 2 is 1.76 bits per heavy atom. The molecule has 0 spiro atoms. The molecule has 0 aliphatic carbocycles. The molecule has 4 heteroatoms. The molecular formula is C17H12Cl2N2. The lowest BCUT2D eigenvalue weighted by Crippen LogP contribution is -1.83. The van der Waals surface area contributed by atoms with Gasteiger partial charge in [0, 0.05) is 22.5 Å². The van der Waals surface area contributed by atoms with Crippen molar-refractivity contribution in [3.05, 3.63) is 65.8 Å². The van der Waals surface area contributed by atoms with E-state index < -0.39 is 0 Å². The number of hydrogen-bond acceptors (Lipinski definition) is 1. The van der Waals surface area contributed by atoms with Crippen LogP contribution in [0.25, 0.3) is 33.1 Å². The summed E-state index contributed by atoms with van der Waals surface area (Å²) < 4.78 is 0. The number of nitrogens with one attached hydrogen (secondary N) is 1. The van der Waals surface area contributed by atoms with Crippen LogP contribution in [0.15, 0.2) is 60.8 Å². The van der Waals surface area contributed by atoms with Crippen molar-refractivity contribution in [1.29, 1.82) is 0 Å². The number of hydrogen-bond donors (Lipinski definition) is 1. The van der Waals surface area contributed by atoms with Crippen molar-refractivity contribution in [2.45, 2.75) is 0 Å². The van der Waals surface area contributed by atoms with Gasteiger partial charge < -0.3 is 4.98 Å². The summed E-state index contributed by atoms with van der Waals surface area (Å²) in [6, 6.07) is 18.2. The van der Waals surface area contributed by atoms with E-state index in [9.17, 15) is 0 Å². The lowest BCUT2D eigenvalue weighted by atomic mass is 10.1. The van der Waals surface area contributed by atoms with E-state index in [0.717, 1.165) is 38.1 Å². The quantitative estimate of drug-likeness (QED) is 0.496. The predicted octanol–water partition coefficient (Wildman–Crippen LogP) is 5.46. The molecule has 104 valence electrons. The number of aromatic amines is 1. The van der Waals surface area contributed by atoms with Gasteiger partial charge in [-0.1, -0.05) is 48.0 Å². The van der Waals surface area contributed by atoms with Crippen LogP contribution in [-0.4, -0.2) is 9.97 Å². The Hall–Kier alpha value is -2.03. The van der Waals surface area contributed by atoms with Gasteiger partial charge in [0.05, 0.1) is 21.7 Å². The number of para-hydroxylation sites is 2. The van der Waals surface area contributed by atoms with Gasteiger partial charge >= 0.3 is 0 Å². The average molecular weight is 315 g/mol. The zero-order valence-corrected chi connectivity index (χ0v) is 12.6. The number of halogens is 2. The molecule has 1 N–H and O–H groups in total. The van der Waals surface area contributed by atoms with Gasteiger partial charge in [-0.3, -0.25) is 0 Å². The number of H-pyrrole nitrogens is 1. The lowest BCUT2D eigenvalue weighted by Gasteiger charge is -2.02. The minimum absolute atomic E-state index is 0. The number of nitrogens with zero attached hydrogens (tertiary/aromatic N) is 1. The molecule has 4 aromatic rings. The van der Waals surface area contributed by atoms with E-state index in [1.165, 1.54) is 0 Å². The summed E-state index contributed by atoms with van der Waals surface area (Å²) in [5, 5.41) is 2.98. The van der Waals surface area contributed by atoms with E-state index >= 15 is 0 Å². The first-order chi connectivity index (χ1) is 9.83. The van der Waals surface area contributed by atoms with E-state index in [4.69, 9.17) is 16.6 Å². The van der Waals surface area contributed by atoms with Crippen molar-refractivity contribution in [2.24, 2.45) is 0 Å². The molecular weight excluding hydrogens is 303 g/mol. The van der Waals surface area contributed by atoms with Crippen LogP contribution in [0.3, 0.4) is 0 Å². The van der Waals surface area contributed by atoms with E-state index in [0.29, 0.717) is 0 Å². The van der Waals surface area contributed by atoms with Crippen molar-refractivity contribution < 1.29 is 0 Å². The molecule has 0 saturated carbocycles. The summed E-state index contributed by atoms with van der Waals surface area (Å²) in [7, 11) is 0. The second-order valence-electron chi connectivity index (χ2n) is 4.75. The van der Waals surface area contributed by atoms with Gasteiger partial charge in [-0.25, -0.2) is 4.98 Å². The van der Waals surface area contributed by atoms with Crippen LogP contribution in [0.1, 0.15) is 0 Å². The van der Waals surface area contributed by atoms with Gasteiger partial charge in [0.1, 0.15) is 0 Å². The highest BCUT2D eigenvalue weighted by molar-refractivity contribution is 6.35. The molecule has 4 rings (SSSR count). The lowest BCUT2D eigenvalue weighted by molar-refractivity contribution is 1.40. The van der Waals surface area contributed by atoms with Crippen LogP contribution in [0.4, 0.5) is 0 Å². The third kappa shape index (κ3) is 2.27. The molecule has 0 unspecified atom stereocenters. The maximum atomic E-state index is 6.20. The van der Waals surface area contributed by atoms with E-state index in [1.807, 2.05) is 42.6 Å². The first-order valence-corrected chi connectivity index (χ1v) is 6.82. The Labute approximate surface area is 133 Å². The first-order valence-electron chi connectivity index (χ1n) is 6.45. The summed E-state index contributed by atoms with van der Waals surface area (Å²) in [6.45, 7) is 0. The Morgan fingerprint density at radius 3 is 2.67 bits per heavy atom. The molecule has 0 fully saturated rings. The second kappa shape index (κ2) is 5.40. The number of fused-ring (bicyclic) bond motifs is 2. The Kier molecular flexibility index (Phi) is 3.58. The molecule has 0 bridgehead atoms. The highest BCUT2D eigenvalue weighted by Crippen LogP contribution is 2.31. The molecule has 2 aromatic carbocycles. The summed E-state index contributed by atoms with van der Waals surface area (Å²) >= 11 is 6.20. The summed E-state index contributed by atoms with van der Waals surface area (Å²) in [5.41, 5.74) is 3.99. The Bertz CT molecular complexity index is 928. The van der Waals surface area contributed by atoms with Crippen molar-refractivity contribution in [3.63, 3.8) is 0 Å². The maximum absolute atomic E-state index is 6.20. The fraction of sp³-hybridized carbons (Fsp3) is 0. The zero-order chi connectivity index (χ0) is 13.5. The average Bonchev–Trinajstić information content (AvgIpc) is 2.92. The Morgan fingerprint density at radius 1 is 0.905 bits per heavy atom. The van der Waals surface area contributed by atoms with Crippen LogP contribution < -0.4 is 0 Å². The number of rotatable bonds is 1. The fourth-order valence-corrected chi connectivity index (χ4v) is 2.77. The molecule has 0 aliphatic heterocycles. The molecule has 2 aromatic heterocycles. The van der Waals surface area contributed by atoms with Crippen LogP contribution in [-0.2, 0) is 0 Å². The normalized spacial score (nSPS) is 10.7. The maximum Gasteiger partial charge on any atom is 0.0731 e. The largest absolute Gasteiger partial charge is 0.359 e. The van der Waals surface area contributed by atoms with E-state index in [2.05, 4.69) is 23.2 Å². The van der Waals surface area contributed by atoms with Gasteiger partial charge in [-0.05, 0) is 18.2 Å². The molecule has 2 heterocycles. The molecule has 0 amide bonds. The highest BCUT2D eigenvalue weighted by atomic mass is 35.5. The van der Waals surface area contributed by atoms with Gasteiger partial charge in [-0.2, -0.15) is 0 Å². The number of aromatic nitrogens is 2. The topological polar surface area (TPSA) is 28.7 Å². The monoisotopic (exact) mass is 314 g/mol. The molecule has 0 aliphatic rings. The highest BCUT2D eigenvalue weighted by Gasteiger charge is 2.09. The van der Waals surface area contributed by atoms with Gasteiger partial charge in [0.15, 0.2) is 0 Å². The second-order valence-corrected chi connectivity index (χ2v) is 5.16. The first kappa shape index (κ1) is 13.9. The van der Waals surface area contributed by atoms with Crippen LogP contribution in [0, 0.1) is 0 Å². The molecule has 21 heavy (non-hydrogen) atoms. The minimum Gasteiger partial charge on any atom is -0.359 e.